The SMILES string of the molecule is O=C(c1ccccc1)C(O)(COC(=O)C(F)(OC(F)(F)C(F)(F)C(F)(F)F)C(F)(F)F)c1ccccc1. The van der Waals surface area contributed by atoms with E-state index < -0.39 is 59.8 Å². The topological polar surface area (TPSA) is 72.8 Å². The molecule has 2 atom stereocenters. The zero-order valence-corrected chi connectivity index (χ0v) is 17.7. The van der Waals surface area contributed by atoms with Gasteiger partial charge in [-0.05, 0) is 5.56 Å². The molecule has 2 rings (SSSR count). The van der Waals surface area contributed by atoms with Gasteiger partial charge in [0.2, 0.25) is 5.78 Å². The minimum atomic E-state index is -7.39. The number of rotatable bonds is 9. The van der Waals surface area contributed by atoms with Gasteiger partial charge in [-0.25, -0.2) is 4.79 Å². The first-order chi connectivity index (χ1) is 16.7. The smallest absolute Gasteiger partial charge is 0.457 e. The van der Waals surface area contributed by atoms with Crippen LogP contribution in [0.4, 0.5) is 48.3 Å². The molecule has 0 amide bonds. The third kappa shape index (κ3) is 5.69. The van der Waals surface area contributed by atoms with Gasteiger partial charge >= 0.3 is 36.2 Å². The lowest BCUT2D eigenvalue weighted by Gasteiger charge is -2.34. The Labute approximate surface area is 199 Å². The summed E-state index contributed by atoms with van der Waals surface area (Å²) in [5, 5.41) is 10.9. The van der Waals surface area contributed by atoms with Crippen molar-refractivity contribution in [3.05, 3.63) is 71.8 Å². The molecule has 0 aliphatic heterocycles. The molecule has 0 fully saturated rings. The van der Waals surface area contributed by atoms with Gasteiger partial charge in [-0.2, -0.15) is 48.3 Å². The van der Waals surface area contributed by atoms with E-state index in [-0.39, 0.29) is 5.56 Å². The lowest BCUT2D eigenvalue weighted by atomic mass is 9.86. The maximum absolute atomic E-state index is 14.4. The Morgan fingerprint density at radius 3 is 1.59 bits per heavy atom. The Morgan fingerprint density at radius 2 is 1.16 bits per heavy atom. The molecule has 0 saturated carbocycles. The molecule has 0 aromatic heterocycles. The molecule has 0 spiro atoms. The Kier molecular flexibility index (Phi) is 8.01. The highest BCUT2D eigenvalue weighted by Gasteiger charge is 2.80. The Hall–Kier alpha value is -3.27. The van der Waals surface area contributed by atoms with Gasteiger partial charge in [0.05, 0.1) is 0 Å². The fourth-order valence-corrected chi connectivity index (χ4v) is 2.71. The van der Waals surface area contributed by atoms with Crippen molar-refractivity contribution in [3.8, 4) is 0 Å². The van der Waals surface area contributed by atoms with E-state index in [1.54, 1.807) is 0 Å². The molecule has 16 heteroatoms. The molecule has 37 heavy (non-hydrogen) atoms. The Bertz CT molecular complexity index is 1100. The summed E-state index contributed by atoms with van der Waals surface area (Å²) in [6.45, 7) is -1.93. The van der Waals surface area contributed by atoms with Crippen LogP contribution in [0.2, 0.25) is 0 Å². The molecule has 0 aliphatic carbocycles. The number of carbonyl (C=O) groups is 2. The fraction of sp³-hybridized carbons (Fsp3) is 0.333. The number of benzene rings is 2. The molecule has 5 nitrogen and oxygen atoms in total. The number of Topliss-reactive ketones (excluding diaryl/α,β-unsaturated/α-hetero) is 1. The number of halogens is 11. The van der Waals surface area contributed by atoms with Crippen molar-refractivity contribution in [2.75, 3.05) is 6.61 Å². The molecule has 0 bridgehead atoms. The first-order valence-electron chi connectivity index (χ1n) is 9.54. The highest BCUT2D eigenvalue weighted by atomic mass is 19.4. The van der Waals surface area contributed by atoms with Gasteiger partial charge in [-0.3, -0.25) is 9.53 Å². The summed E-state index contributed by atoms with van der Waals surface area (Å²) in [6.07, 6.45) is -21.5. The first-order valence-corrected chi connectivity index (χ1v) is 9.54. The highest BCUT2D eigenvalue weighted by Crippen LogP contribution is 2.51. The minimum Gasteiger partial charge on any atom is -0.457 e. The molecule has 2 aromatic rings. The van der Waals surface area contributed by atoms with Crippen LogP contribution >= 0.6 is 0 Å². The van der Waals surface area contributed by atoms with Crippen LogP contribution in [0.15, 0.2) is 60.7 Å². The van der Waals surface area contributed by atoms with E-state index in [1.165, 1.54) is 36.4 Å². The Morgan fingerprint density at radius 1 is 0.703 bits per heavy atom. The minimum absolute atomic E-state index is 0.333. The summed E-state index contributed by atoms with van der Waals surface area (Å²) in [5.41, 5.74) is -3.91. The maximum Gasteiger partial charge on any atom is 0.462 e. The fourth-order valence-electron chi connectivity index (χ4n) is 2.71. The quantitative estimate of drug-likeness (QED) is 0.258. The van der Waals surface area contributed by atoms with E-state index >= 15 is 0 Å². The second kappa shape index (κ2) is 9.89. The monoisotopic (exact) mass is 554 g/mol. The third-order valence-electron chi connectivity index (χ3n) is 4.69. The summed E-state index contributed by atoms with van der Waals surface area (Å²) >= 11 is 0. The van der Waals surface area contributed by atoms with E-state index in [1.807, 2.05) is 0 Å². The number of aliphatic hydroxyl groups is 1. The summed E-state index contributed by atoms with van der Waals surface area (Å²) in [6, 6.07) is 11.9. The third-order valence-corrected chi connectivity index (χ3v) is 4.69. The summed E-state index contributed by atoms with van der Waals surface area (Å²) < 4.78 is 149. The number of alkyl halides is 11. The molecular formula is C21H13F11O5. The van der Waals surface area contributed by atoms with E-state index in [4.69, 9.17) is 0 Å². The van der Waals surface area contributed by atoms with Gasteiger partial charge in [0, 0.05) is 5.56 Å². The van der Waals surface area contributed by atoms with Crippen molar-refractivity contribution in [3.63, 3.8) is 0 Å². The van der Waals surface area contributed by atoms with Crippen molar-refractivity contribution in [1.82, 2.24) is 0 Å². The van der Waals surface area contributed by atoms with Gasteiger partial charge in [0.1, 0.15) is 6.61 Å². The molecule has 0 saturated heterocycles. The average Bonchev–Trinajstić information content (AvgIpc) is 2.81. The van der Waals surface area contributed by atoms with E-state index in [0.717, 1.165) is 24.3 Å². The van der Waals surface area contributed by atoms with Gasteiger partial charge in [-0.1, -0.05) is 60.7 Å². The van der Waals surface area contributed by atoms with Crippen molar-refractivity contribution in [1.29, 1.82) is 0 Å². The highest BCUT2D eigenvalue weighted by molar-refractivity contribution is 6.03. The second-order valence-electron chi connectivity index (χ2n) is 7.28. The van der Waals surface area contributed by atoms with Crippen LogP contribution in [0.5, 0.6) is 0 Å². The number of ketones is 1. The number of esters is 1. The van der Waals surface area contributed by atoms with Crippen molar-refractivity contribution in [2.24, 2.45) is 0 Å². The van der Waals surface area contributed by atoms with Gasteiger partial charge in [0.15, 0.2) is 5.60 Å². The summed E-state index contributed by atoms with van der Waals surface area (Å²) in [7, 11) is 0. The van der Waals surface area contributed by atoms with Gasteiger partial charge in [0.25, 0.3) is 0 Å². The van der Waals surface area contributed by atoms with E-state index in [9.17, 15) is 63.0 Å². The zero-order chi connectivity index (χ0) is 28.5. The number of hydrogen-bond donors (Lipinski definition) is 1. The molecule has 204 valence electrons. The van der Waals surface area contributed by atoms with Gasteiger partial charge in [-0.15, -0.1) is 0 Å². The van der Waals surface area contributed by atoms with E-state index in [0.29, 0.717) is 0 Å². The maximum atomic E-state index is 14.4. The van der Waals surface area contributed by atoms with Crippen LogP contribution in [0, 0.1) is 0 Å². The largest absolute Gasteiger partial charge is 0.462 e. The standard InChI is InChI=1S/C21H13F11O5/c22-17(19(25,26)27,37-21(31,32)18(23,24)20(28,29)30)15(34)36-11-16(35,13-9-5-2-6-10-13)14(33)12-7-3-1-4-8-12/h1-10,35H,11H2. The zero-order valence-electron chi connectivity index (χ0n) is 17.7. The van der Waals surface area contributed by atoms with Crippen molar-refractivity contribution in [2.45, 2.75) is 35.8 Å². The van der Waals surface area contributed by atoms with Crippen LogP contribution in [0.3, 0.4) is 0 Å². The van der Waals surface area contributed by atoms with Gasteiger partial charge < -0.3 is 9.84 Å². The summed E-state index contributed by atoms with van der Waals surface area (Å²) in [5.74, 6) is -19.0. The average molecular weight is 554 g/mol. The number of hydrogen-bond acceptors (Lipinski definition) is 5. The molecule has 0 heterocycles. The van der Waals surface area contributed by atoms with Crippen LogP contribution in [-0.4, -0.2) is 53.7 Å². The van der Waals surface area contributed by atoms with Crippen LogP contribution in [0.1, 0.15) is 15.9 Å². The first kappa shape index (κ1) is 30.0. The molecule has 0 aliphatic rings. The summed E-state index contributed by atoms with van der Waals surface area (Å²) in [4.78, 5) is 24.7. The van der Waals surface area contributed by atoms with Crippen molar-refractivity contribution >= 4 is 11.8 Å². The number of carbonyl (C=O) groups excluding carboxylic acids is 2. The predicted octanol–water partition coefficient (Wildman–Crippen LogP) is 5.34. The Balaban J connectivity index is 2.46. The number of ether oxygens (including phenoxy) is 2. The predicted molar refractivity (Wildman–Crippen MR) is 99.0 cm³/mol. The molecular weight excluding hydrogens is 541 g/mol. The van der Waals surface area contributed by atoms with E-state index in [2.05, 4.69) is 9.47 Å². The molecule has 2 unspecified atom stereocenters. The van der Waals surface area contributed by atoms with Crippen LogP contribution in [-0.2, 0) is 19.9 Å². The second-order valence-corrected chi connectivity index (χ2v) is 7.28. The lowest BCUT2D eigenvalue weighted by molar-refractivity contribution is -0.475. The lowest BCUT2D eigenvalue weighted by Crippen LogP contribution is -2.62. The molecule has 2 aromatic carbocycles. The van der Waals surface area contributed by atoms with Crippen LogP contribution < -0.4 is 0 Å². The van der Waals surface area contributed by atoms with Crippen LogP contribution in [0.25, 0.3) is 0 Å². The normalized spacial score (nSPS) is 16.4. The van der Waals surface area contributed by atoms with Crippen molar-refractivity contribution < 1.29 is 72.5 Å². The molecule has 1 N–H and O–H groups in total. The molecule has 0 radical (unpaired) electrons.